The second-order valence-electron chi connectivity index (χ2n) is 7.13. The Hall–Kier alpha value is -2.61. The molecule has 1 heterocycles. The summed E-state index contributed by atoms with van der Waals surface area (Å²) in [6.07, 6.45) is 0. The second kappa shape index (κ2) is 10.6. The number of aromatic nitrogens is 1. The summed E-state index contributed by atoms with van der Waals surface area (Å²) in [5, 5.41) is 8.86. The summed E-state index contributed by atoms with van der Waals surface area (Å²) in [6.45, 7) is 3.99. The van der Waals surface area contributed by atoms with E-state index in [0.717, 1.165) is 5.56 Å². The summed E-state index contributed by atoms with van der Waals surface area (Å²) in [5.74, 6) is -0.553. The Morgan fingerprint density at radius 2 is 1.84 bits per heavy atom. The number of amides is 2. The van der Waals surface area contributed by atoms with Crippen molar-refractivity contribution in [2.75, 3.05) is 11.9 Å². The minimum atomic E-state index is -0.329. The topological polar surface area (TPSA) is 74.3 Å². The first-order chi connectivity index (χ1) is 14.8. The first kappa shape index (κ1) is 23.1. The number of hydrogen-bond donors (Lipinski definition) is 2. The number of nitrogens with one attached hydrogen (secondary N) is 2. The zero-order valence-corrected chi connectivity index (χ0v) is 19.4. The first-order valence-electron chi connectivity index (χ1n) is 9.62. The highest BCUT2D eigenvalue weighted by atomic mass is 35.5. The van der Waals surface area contributed by atoms with Gasteiger partial charge >= 0.3 is 0 Å². The van der Waals surface area contributed by atoms with Crippen LogP contribution in [-0.4, -0.2) is 34.3 Å². The normalized spacial score (nSPS) is 10.7. The van der Waals surface area contributed by atoms with Crippen molar-refractivity contribution >= 4 is 57.2 Å². The van der Waals surface area contributed by atoms with E-state index < -0.39 is 0 Å². The highest BCUT2D eigenvalue weighted by Gasteiger charge is 2.22. The standard InChI is InChI=1S/C22H22Cl2N4O2S/c1-14(2)25-19(29)12-28(11-15-7-4-3-5-8-15)21(30)18-13-31-22(27-18)26-17-10-6-9-16(23)20(17)24/h3-10,13-14H,11-12H2,1-2H3,(H,25,29)(H,26,27). The number of benzene rings is 2. The fourth-order valence-electron chi connectivity index (χ4n) is 2.85. The number of thiazole rings is 1. The van der Waals surface area contributed by atoms with Gasteiger partial charge in [-0.1, -0.05) is 59.6 Å². The number of carbonyl (C=O) groups is 2. The Bertz CT molecular complexity index is 1060. The smallest absolute Gasteiger partial charge is 0.274 e. The molecular formula is C22H22Cl2N4O2S. The molecule has 0 radical (unpaired) electrons. The number of hydrogen-bond acceptors (Lipinski definition) is 5. The third kappa shape index (κ3) is 6.43. The van der Waals surface area contributed by atoms with Crippen LogP contribution in [0.3, 0.4) is 0 Å². The maximum atomic E-state index is 13.2. The molecule has 0 aliphatic carbocycles. The molecule has 31 heavy (non-hydrogen) atoms. The van der Waals surface area contributed by atoms with Crippen LogP contribution in [0.25, 0.3) is 0 Å². The highest BCUT2D eigenvalue weighted by molar-refractivity contribution is 7.14. The number of carbonyl (C=O) groups excluding carboxylic acids is 2. The van der Waals surface area contributed by atoms with Crippen LogP contribution in [-0.2, 0) is 11.3 Å². The molecule has 0 fully saturated rings. The van der Waals surface area contributed by atoms with Crippen LogP contribution in [0.2, 0.25) is 10.0 Å². The van der Waals surface area contributed by atoms with Crippen LogP contribution >= 0.6 is 34.5 Å². The van der Waals surface area contributed by atoms with Crippen LogP contribution in [0, 0.1) is 0 Å². The number of rotatable bonds is 8. The lowest BCUT2D eigenvalue weighted by Crippen LogP contribution is -2.42. The lowest BCUT2D eigenvalue weighted by Gasteiger charge is -2.22. The van der Waals surface area contributed by atoms with Gasteiger partial charge in [-0.3, -0.25) is 9.59 Å². The third-order valence-corrected chi connectivity index (χ3v) is 5.78. The highest BCUT2D eigenvalue weighted by Crippen LogP contribution is 2.32. The van der Waals surface area contributed by atoms with Crippen LogP contribution in [0.15, 0.2) is 53.9 Å². The minimum absolute atomic E-state index is 0.0151. The molecule has 1 aromatic heterocycles. The largest absolute Gasteiger partial charge is 0.352 e. The SMILES string of the molecule is CC(C)NC(=O)CN(Cc1ccccc1)C(=O)c1csc(Nc2cccc(Cl)c2Cl)n1. The number of anilines is 2. The van der Waals surface area contributed by atoms with Gasteiger partial charge in [0.05, 0.1) is 15.7 Å². The minimum Gasteiger partial charge on any atom is -0.352 e. The quantitative estimate of drug-likeness (QED) is 0.458. The van der Waals surface area contributed by atoms with Crippen molar-refractivity contribution < 1.29 is 9.59 Å². The van der Waals surface area contributed by atoms with Crippen LogP contribution in [0.1, 0.15) is 29.9 Å². The fourth-order valence-corrected chi connectivity index (χ4v) is 3.90. The molecule has 3 aromatic rings. The summed E-state index contributed by atoms with van der Waals surface area (Å²) < 4.78 is 0. The van der Waals surface area contributed by atoms with Crippen molar-refractivity contribution in [2.45, 2.75) is 26.4 Å². The van der Waals surface area contributed by atoms with E-state index in [9.17, 15) is 9.59 Å². The van der Waals surface area contributed by atoms with Crippen molar-refractivity contribution in [3.63, 3.8) is 0 Å². The van der Waals surface area contributed by atoms with Crippen molar-refractivity contribution in [2.24, 2.45) is 0 Å². The molecule has 9 heteroatoms. The molecule has 0 atom stereocenters. The maximum absolute atomic E-state index is 13.2. The van der Waals surface area contributed by atoms with Crippen molar-refractivity contribution in [3.05, 3.63) is 75.2 Å². The molecule has 0 unspecified atom stereocenters. The van der Waals surface area contributed by atoms with Gasteiger partial charge in [-0.05, 0) is 31.5 Å². The molecule has 6 nitrogen and oxygen atoms in total. The van der Waals surface area contributed by atoms with Crippen molar-refractivity contribution in [1.29, 1.82) is 0 Å². The lowest BCUT2D eigenvalue weighted by molar-refractivity contribution is -0.122. The fraction of sp³-hybridized carbons (Fsp3) is 0.227. The first-order valence-corrected chi connectivity index (χ1v) is 11.3. The molecule has 0 aliphatic heterocycles. The van der Waals surface area contributed by atoms with E-state index in [1.54, 1.807) is 23.6 Å². The van der Waals surface area contributed by atoms with Crippen LogP contribution < -0.4 is 10.6 Å². The van der Waals surface area contributed by atoms with E-state index in [-0.39, 0.29) is 30.1 Å². The molecular weight excluding hydrogens is 455 g/mol. The average molecular weight is 477 g/mol. The van der Waals surface area contributed by atoms with E-state index in [1.165, 1.54) is 16.2 Å². The molecule has 0 aliphatic rings. The van der Waals surface area contributed by atoms with E-state index in [4.69, 9.17) is 23.2 Å². The van der Waals surface area contributed by atoms with Gasteiger partial charge in [0, 0.05) is 18.0 Å². The molecule has 2 N–H and O–H groups in total. The van der Waals surface area contributed by atoms with E-state index in [1.807, 2.05) is 44.2 Å². The van der Waals surface area contributed by atoms with Gasteiger partial charge in [0.15, 0.2) is 5.13 Å². The molecule has 162 valence electrons. The lowest BCUT2D eigenvalue weighted by atomic mass is 10.2. The summed E-state index contributed by atoms with van der Waals surface area (Å²) >= 11 is 13.5. The van der Waals surface area contributed by atoms with E-state index >= 15 is 0 Å². The summed E-state index contributed by atoms with van der Waals surface area (Å²) in [4.78, 5) is 31.4. The summed E-state index contributed by atoms with van der Waals surface area (Å²) in [6, 6.07) is 14.7. The molecule has 0 bridgehead atoms. The summed E-state index contributed by atoms with van der Waals surface area (Å²) in [7, 11) is 0. The zero-order chi connectivity index (χ0) is 22.4. The molecule has 2 aromatic carbocycles. The van der Waals surface area contributed by atoms with Crippen molar-refractivity contribution in [3.8, 4) is 0 Å². The Kier molecular flexibility index (Phi) is 7.90. The van der Waals surface area contributed by atoms with Gasteiger partial charge in [-0.25, -0.2) is 4.98 Å². The zero-order valence-electron chi connectivity index (χ0n) is 17.1. The van der Waals surface area contributed by atoms with E-state index in [2.05, 4.69) is 15.6 Å². The molecule has 0 saturated carbocycles. The molecule has 0 spiro atoms. The monoisotopic (exact) mass is 476 g/mol. The van der Waals surface area contributed by atoms with Crippen LogP contribution in [0.4, 0.5) is 10.8 Å². The maximum Gasteiger partial charge on any atom is 0.274 e. The van der Waals surface area contributed by atoms with Gasteiger partial charge in [0.25, 0.3) is 5.91 Å². The third-order valence-electron chi connectivity index (χ3n) is 4.20. The Morgan fingerprint density at radius 1 is 1.10 bits per heavy atom. The van der Waals surface area contributed by atoms with E-state index in [0.29, 0.717) is 27.4 Å². The van der Waals surface area contributed by atoms with Gasteiger partial charge in [0.1, 0.15) is 12.2 Å². The predicted octanol–water partition coefficient (Wildman–Crippen LogP) is 5.36. The van der Waals surface area contributed by atoms with Gasteiger partial charge in [-0.2, -0.15) is 0 Å². The number of nitrogens with zero attached hydrogens (tertiary/aromatic N) is 2. The Balaban J connectivity index is 1.78. The van der Waals surface area contributed by atoms with Gasteiger partial charge in [0.2, 0.25) is 5.91 Å². The molecule has 2 amide bonds. The van der Waals surface area contributed by atoms with Crippen LogP contribution in [0.5, 0.6) is 0 Å². The van der Waals surface area contributed by atoms with Crippen molar-refractivity contribution in [1.82, 2.24) is 15.2 Å². The number of halogens is 2. The average Bonchev–Trinajstić information content (AvgIpc) is 3.19. The Morgan fingerprint density at radius 3 is 2.55 bits per heavy atom. The molecule has 0 saturated heterocycles. The van der Waals surface area contributed by atoms with Gasteiger partial charge in [-0.15, -0.1) is 11.3 Å². The Labute approximate surface area is 195 Å². The molecule has 3 rings (SSSR count). The second-order valence-corrected chi connectivity index (χ2v) is 8.78. The van der Waals surface area contributed by atoms with Gasteiger partial charge < -0.3 is 15.5 Å². The predicted molar refractivity (Wildman–Crippen MR) is 126 cm³/mol. The summed E-state index contributed by atoms with van der Waals surface area (Å²) in [5.41, 5.74) is 1.77.